The largest absolute Gasteiger partial charge is 0.393 e. The number of aliphatic hydroxyl groups is 1. The molecule has 0 unspecified atom stereocenters. The Labute approximate surface area is 115 Å². The molecule has 0 aromatic rings. The summed E-state index contributed by atoms with van der Waals surface area (Å²) in [6, 6.07) is 0. The molecule has 2 N–H and O–H groups in total. The van der Waals surface area contributed by atoms with Crippen molar-refractivity contribution in [3.8, 4) is 0 Å². The number of carbonyl (C=O) groups is 1. The lowest BCUT2D eigenvalue weighted by Gasteiger charge is -2.43. The maximum Gasteiger partial charge on any atom is 0.229 e. The van der Waals surface area contributed by atoms with Crippen molar-refractivity contribution in [3.63, 3.8) is 0 Å². The summed E-state index contributed by atoms with van der Waals surface area (Å²) in [5.74, 6) is 0.291. The standard InChI is InChI=1S/C15H26N2O2/c1-13(2)14(3)4-5-15(13,10-11(14)18)12(19)17-8-6-16-7-9-17/h11,16,18H,4-10H2,1-3H3/t11-,14-,15+/m1/s1. The first-order valence-corrected chi connectivity index (χ1v) is 7.53. The van der Waals surface area contributed by atoms with Crippen LogP contribution in [-0.4, -0.2) is 48.2 Å². The second kappa shape index (κ2) is 3.95. The van der Waals surface area contributed by atoms with Crippen LogP contribution in [0.1, 0.15) is 40.0 Å². The van der Waals surface area contributed by atoms with Gasteiger partial charge in [-0.05, 0) is 30.1 Å². The van der Waals surface area contributed by atoms with E-state index in [0.29, 0.717) is 12.3 Å². The summed E-state index contributed by atoms with van der Waals surface area (Å²) >= 11 is 0. The van der Waals surface area contributed by atoms with Gasteiger partial charge in [0, 0.05) is 26.2 Å². The minimum absolute atomic E-state index is 0.100. The Balaban J connectivity index is 1.93. The summed E-state index contributed by atoms with van der Waals surface area (Å²) in [5.41, 5.74) is -0.545. The van der Waals surface area contributed by atoms with Gasteiger partial charge in [0.2, 0.25) is 5.91 Å². The number of rotatable bonds is 1. The van der Waals surface area contributed by atoms with Gasteiger partial charge >= 0.3 is 0 Å². The monoisotopic (exact) mass is 266 g/mol. The zero-order chi connectivity index (χ0) is 13.9. The quantitative estimate of drug-likeness (QED) is 0.744. The van der Waals surface area contributed by atoms with Crippen LogP contribution in [0.2, 0.25) is 0 Å². The Morgan fingerprint density at radius 1 is 1.21 bits per heavy atom. The van der Waals surface area contributed by atoms with Crippen molar-refractivity contribution in [3.05, 3.63) is 0 Å². The molecule has 2 aliphatic carbocycles. The smallest absolute Gasteiger partial charge is 0.229 e. The normalized spacial score (nSPS) is 44.6. The maximum atomic E-state index is 13.1. The molecule has 3 fully saturated rings. The van der Waals surface area contributed by atoms with Crippen molar-refractivity contribution in [2.24, 2.45) is 16.2 Å². The van der Waals surface area contributed by atoms with Crippen LogP contribution in [0.3, 0.4) is 0 Å². The molecule has 3 aliphatic rings. The van der Waals surface area contributed by atoms with Crippen LogP contribution in [-0.2, 0) is 4.79 Å². The summed E-state index contributed by atoms with van der Waals surface area (Å²) in [5, 5.41) is 13.7. The molecule has 19 heavy (non-hydrogen) atoms. The fourth-order valence-electron chi connectivity index (χ4n) is 4.77. The van der Waals surface area contributed by atoms with E-state index in [-0.39, 0.29) is 22.3 Å². The molecule has 1 saturated heterocycles. The maximum absolute atomic E-state index is 13.1. The van der Waals surface area contributed by atoms with E-state index in [4.69, 9.17) is 0 Å². The summed E-state index contributed by atoms with van der Waals surface area (Å²) in [4.78, 5) is 15.1. The highest BCUT2D eigenvalue weighted by Crippen LogP contribution is 2.72. The van der Waals surface area contributed by atoms with Gasteiger partial charge < -0.3 is 15.3 Å². The zero-order valence-corrected chi connectivity index (χ0v) is 12.3. The number of fused-ring (bicyclic) bond motifs is 2. The Hall–Kier alpha value is -0.610. The van der Waals surface area contributed by atoms with Gasteiger partial charge in [-0.1, -0.05) is 20.8 Å². The molecule has 0 aromatic carbocycles. The predicted octanol–water partition coefficient (Wildman–Crippen LogP) is 0.995. The van der Waals surface area contributed by atoms with Crippen LogP contribution in [0.5, 0.6) is 0 Å². The van der Waals surface area contributed by atoms with Gasteiger partial charge in [-0.25, -0.2) is 0 Å². The summed E-state index contributed by atoms with van der Waals surface area (Å²) in [6.07, 6.45) is 2.23. The van der Waals surface area contributed by atoms with E-state index in [1.807, 2.05) is 4.90 Å². The third-order valence-corrected chi connectivity index (χ3v) is 6.79. The highest BCUT2D eigenvalue weighted by molar-refractivity contribution is 5.85. The first-order chi connectivity index (χ1) is 8.85. The molecular weight excluding hydrogens is 240 g/mol. The molecule has 2 bridgehead atoms. The van der Waals surface area contributed by atoms with E-state index < -0.39 is 0 Å². The van der Waals surface area contributed by atoms with Crippen molar-refractivity contribution in [1.29, 1.82) is 0 Å². The molecule has 0 radical (unpaired) electrons. The molecular formula is C15H26N2O2. The van der Waals surface area contributed by atoms with Gasteiger partial charge in [-0.3, -0.25) is 4.79 Å². The average Bonchev–Trinajstić information content (AvgIpc) is 2.69. The minimum Gasteiger partial charge on any atom is -0.393 e. The second-order valence-electron chi connectivity index (χ2n) is 7.39. The number of amides is 1. The molecule has 3 rings (SSSR count). The van der Waals surface area contributed by atoms with Gasteiger partial charge in [-0.2, -0.15) is 0 Å². The average molecular weight is 266 g/mol. The summed E-state index contributed by atoms with van der Waals surface area (Å²) < 4.78 is 0. The SMILES string of the molecule is CC1(C)[C@@]2(C(=O)N3CCNCC3)CC[C@]1(C)[C@H](O)C2. The van der Waals surface area contributed by atoms with Crippen molar-refractivity contribution in [2.45, 2.75) is 46.1 Å². The number of nitrogens with zero attached hydrogens (tertiary/aromatic N) is 1. The molecule has 1 heterocycles. The Bertz CT molecular complexity index is 403. The Morgan fingerprint density at radius 2 is 1.84 bits per heavy atom. The van der Waals surface area contributed by atoms with Crippen molar-refractivity contribution < 1.29 is 9.90 Å². The van der Waals surface area contributed by atoms with E-state index in [1.54, 1.807) is 0 Å². The van der Waals surface area contributed by atoms with Gasteiger partial charge in [-0.15, -0.1) is 0 Å². The molecule has 0 spiro atoms. The molecule has 0 aromatic heterocycles. The molecule has 2 saturated carbocycles. The van der Waals surface area contributed by atoms with Crippen LogP contribution in [0, 0.1) is 16.2 Å². The van der Waals surface area contributed by atoms with E-state index >= 15 is 0 Å². The number of nitrogens with one attached hydrogen (secondary N) is 1. The topological polar surface area (TPSA) is 52.6 Å². The highest BCUT2D eigenvalue weighted by atomic mass is 16.3. The van der Waals surface area contributed by atoms with Crippen LogP contribution >= 0.6 is 0 Å². The van der Waals surface area contributed by atoms with Gasteiger partial charge in [0.25, 0.3) is 0 Å². The number of hydrogen-bond acceptors (Lipinski definition) is 3. The van der Waals surface area contributed by atoms with Crippen molar-refractivity contribution in [1.82, 2.24) is 10.2 Å². The first kappa shape index (κ1) is 13.4. The molecule has 1 aliphatic heterocycles. The molecule has 4 heteroatoms. The number of carbonyl (C=O) groups excluding carboxylic acids is 1. The van der Waals surface area contributed by atoms with Crippen LogP contribution in [0.15, 0.2) is 0 Å². The van der Waals surface area contributed by atoms with Crippen LogP contribution < -0.4 is 5.32 Å². The number of hydrogen-bond donors (Lipinski definition) is 2. The van der Waals surface area contributed by atoms with Gasteiger partial charge in [0.05, 0.1) is 11.5 Å². The van der Waals surface area contributed by atoms with Crippen molar-refractivity contribution >= 4 is 5.91 Å². The minimum atomic E-state index is -0.335. The molecule has 1 amide bonds. The second-order valence-corrected chi connectivity index (χ2v) is 7.39. The fraction of sp³-hybridized carbons (Fsp3) is 0.933. The lowest BCUT2D eigenvalue weighted by atomic mass is 9.64. The predicted molar refractivity (Wildman–Crippen MR) is 73.6 cm³/mol. The Kier molecular flexibility index (Phi) is 2.78. The van der Waals surface area contributed by atoms with Gasteiger partial charge in [0.15, 0.2) is 0 Å². The zero-order valence-electron chi connectivity index (χ0n) is 12.3. The third kappa shape index (κ3) is 1.44. The summed E-state index contributed by atoms with van der Waals surface area (Å²) in [6.45, 7) is 9.95. The Morgan fingerprint density at radius 3 is 2.32 bits per heavy atom. The molecule has 108 valence electrons. The van der Waals surface area contributed by atoms with Gasteiger partial charge in [0.1, 0.15) is 0 Å². The van der Waals surface area contributed by atoms with E-state index in [2.05, 4.69) is 26.1 Å². The van der Waals surface area contributed by atoms with Crippen molar-refractivity contribution in [2.75, 3.05) is 26.2 Å². The number of piperazine rings is 1. The summed E-state index contributed by atoms with van der Waals surface area (Å²) in [7, 11) is 0. The highest BCUT2D eigenvalue weighted by Gasteiger charge is 2.72. The lowest BCUT2D eigenvalue weighted by molar-refractivity contribution is -0.148. The van der Waals surface area contributed by atoms with E-state index in [1.165, 1.54) is 0 Å². The van der Waals surface area contributed by atoms with E-state index in [9.17, 15) is 9.90 Å². The van der Waals surface area contributed by atoms with E-state index in [0.717, 1.165) is 39.0 Å². The fourth-order valence-corrected chi connectivity index (χ4v) is 4.77. The van der Waals surface area contributed by atoms with Crippen LogP contribution in [0.4, 0.5) is 0 Å². The first-order valence-electron chi connectivity index (χ1n) is 7.53. The van der Waals surface area contributed by atoms with Crippen LogP contribution in [0.25, 0.3) is 0 Å². The lowest BCUT2D eigenvalue weighted by Crippen LogP contribution is -2.54. The third-order valence-electron chi connectivity index (χ3n) is 6.79. The molecule has 3 atom stereocenters. The number of aliphatic hydroxyl groups excluding tert-OH is 1. The molecule has 4 nitrogen and oxygen atoms in total.